The van der Waals surface area contributed by atoms with E-state index in [0.717, 1.165) is 38.7 Å². The van der Waals surface area contributed by atoms with Crippen molar-refractivity contribution in [2.75, 3.05) is 6.61 Å². The first-order valence-electron chi connectivity index (χ1n) is 10.8. The number of hydrogen-bond donors (Lipinski definition) is 2. The van der Waals surface area contributed by atoms with E-state index in [1.165, 1.54) is 0 Å². The molecule has 0 saturated carbocycles. The molecule has 1 amide bonds. The van der Waals surface area contributed by atoms with Crippen molar-refractivity contribution in [2.24, 2.45) is 0 Å². The van der Waals surface area contributed by atoms with Crippen molar-refractivity contribution in [3.05, 3.63) is 102 Å². The van der Waals surface area contributed by atoms with E-state index >= 15 is 0 Å². The molecule has 5 rings (SSSR count). The first-order valence-corrected chi connectivity index (χ1v) is 10.8. The monoisotopic (exact) mass is 438 g/mol. The van der Waals surface area contributed by atoms with Gasteiger partial charge in [0.25, 0.3) is 0 Å². The fourth-order valence-corrected chi connectivity index (χ4v) is 4.45. The zero-order chi connectivity index (χ0) is 22.8. The second-order valence-electron chi connectivity index (χ2n) is 8.10. The van der Waals surface area contributed by atoms with Gasteiger partial charge in [-0.2, -0.15) is 0 Å². The lowest BCUT2D eigenvalue weighted by Gasteiger charge is -2.17. The van der Waals surface area contributed by atoms with Crippen LogP contribution in [0.1, 0.15) is 22.6 Å². The molecule has 3 aromatic carbocycles. The fraction of sp³-hybridized carbons (Fsp3) is 0.148. The van der Waals surface area contributed by atoms with Crippen molar-refractivity contribution >= 4 is 23.0 Å². The molecule has 164 valence electrons. The van der Waals surface area contributed by atoms with Gasteiger partial charge in [-0.1, -0.05) is 66.7 Å². The number of amides is 1. The molecule has 6 heteroatoms. The SMILES string of the molecule is O=C(N[C@H](Cc1cnc2ccccc2c1)C(=O)O)OCC1c2ccccc2-c2ccccc21. The molecule has 0 unspecified atom stereocenters. The molecule has 0 bridgehead atoms. The van der Waals surface area contributed by atoms with E-state index in [9.17, 15) is 14.7 Å². The summed E-state index contributed by atoms with van der Waals surface area (Å²) in [6.07, 6.45) is 0.993. The number of nitrogens with zero attached hydrogens (tertiary/aromatic N) is 1. The standard InChI is InChI=1S/C27H22N2O4/c30-26(31)25(14-17-13-18-7-1-6-12-24(18)28-15-17)29-27(32)33-16-23-21-10-4-2-8-19(21)20-9-3-5-11-22(20)23/h1-13,15,23,25H,14,16H2,(H,29,32)(H,30,31)/t25-/m1/s1. The normalized spacial score (nSPS) is 13.2. The number of hydrogen-bond acceptors (Lipinski definition) is 4. The lowest BCUT2D eigenvalue weighted by molar-refractivity contribution is -0.139. The minimum absolute atomic E-state index is 0.0869. The van der Waals surface area contributed by atoms with Crippen LogP contribution in [0.4, 0.5) is 4.79 Å². The molecule has 0 radical (unpaired) electrons. The number of nitrogens with one attached hydrogen (secondary N) is 1. The molecule has 6 nitrogen and oxygen atoms in total. The van der Waals surface area contributed by atoms with E-state index in [-0.39, 0.29) is 18.9 Å². The number of aliphatic carboxylic acids is 1. The number of ether oxygens (including phenoxy) is 1. The van der Waals surface area contributed by atoms with E-state index in [4.69, 9.17) is 4.74 Å². The minimum atomic E-state index is -1.13. The largest absolute Gasteiger partial charge is 0.480 e. The molecule has 1 aromatic heterocycles. The minimum Gasteiger partial charge on any atom is -0.480 e. The summed E-state index contributed by atoms with van der Waals surface area (Å²) in [5.74, 6) is -1.22. The molecule has 1 atom stereocenters. The van der Waals surface area contributed by atoms with Gasteiger partial charge in [-0.3, -0.25) is 4.98 Å². The number of benzene rings is 3. The molecule has 0 spiro atoms. The summed E-state index contributed by atoms with van der Waals surface area (Å²) in [7, 11) is 0. The molecule has 1 aliphatic rings. The zero-order valence-corrected chi connectivity index (χ0v) is 17.8. The number of pyridine rings is 1. The quantitative estimate of drug-likeness (QED) is 0.453. The molecule has 0 saturated heterocycles. The van der Waals surface area contributed by atoms with Gasteiger partial charge < -0.3 is 15.2 Å². The maximum Gasteiger partial charge on any atom is 0.407 e. The van der Waals surface area contributed by atoms with Gasteiger partial charge in [0.15, 0.2) is 0 Å². The summed E-state index contributed by atoms with van der Waals surface area (Å²) < 4.78 is 5.50. The Hall–Kier alpha value is -4.19. The van der Waals surface area contributed by atoms with Crippen LogP contribution < -0.4 is 5.32 Å². The van der Waals surface area contributed by atoms with Gasteiger partial charge in [-0.15, -0.1) is 0 Å². The lowest BCUT2D eigenvalue weighted by Crippen LogP contribution is -2.42. The van der Waals surface area contributed by atoms with E-state index in [0.29, 0.717) is 0 Å². The number of carbonyl (C=O) groups excluding carboxylic acids is 1. The Kier molecular flexibility index (Phi) is 5.48. The van der Waals surface area contributed by atoms with Gasteiger partial charge in [0.05, 0.1) is 5.52 Å². The second kappa shape index (κ2) is 8.74. The third kappa shape index (κ3) is 4.15. The highest BCUT2D eigenvalue weighted by molar-refractivity contribution is 5.82. The van der Waals surface area contributed by atoms with Crippen LogP contribution in [0, 0.1) is 0 Å². The van der Waals surface area contributed by atoms with Crippen LogP contribution in [0.5, 0.6) is 0 Å². The Labute approximate surface area is 190 Å². The van der Waals surface area contributed by atoms with E-state index in [1.54, 1.807) is 6.20 Å². The van der Waals surface area contributed by atoms with Crippen molar-refractivity contribution in [1.29, 1.82) is 0 Å². The summed E-state index contributed by atoms with van der Waals surface area (Å²) in [6, 6.07) is 24.5. The summed E-state index contributed by atoms with van der Waals surface area (Å²) in [5, 5.41) is 13.1. The third-order valence-corrected chi connectivity index (χ3v) is 6.02. The molecule has 4 aromatic rings. The number of carboxylic acids is 1. The second-order valence-corrected chi connectivity index (χ2v) is 8.10. The fourth-order valence-electron chi connectivity index (χ4n) is 4.45. The highest BCUT2D eigenvalue weighted by atomic mass is 16.5. The van der Waals surface area contributed by atoms with Gasteiger partial charge >= 0.3 is 12.1 Å². The first kappa shape index (κ1) is 20.7. The zero-order valence-electron chi connectivity index (χ0n) is 17.8. The molecule has 33 heavy (non-hydrogen) atoms. The summed E-state index contributed by atoms with van der Waals surface area (Å²) >= 11 is 0. The van der Waals surface area contributed by atoms with Crippen molar-refractivity contribution in [1.82, 2.24) is 10.3 Å². The van der Waals surface area contributed by atoms with Crippen LogP contribution in [0.3, 0.4) is 0 Å². The van der Waals surface area contributed by atoms with Gasteiger partial charge in [0.2, 0.25) is 0 Å². The highest BCUT2D eigenvalue weighted by Gasteiger charge is 2.29. The maximum atomic E-state index is 12.5. The Balaban J connectivity index is 1.27. The summed E-state index contributed by atoms with van der Waals surface area (Å²) in [6.45, 7) is 0.129. The lowest BCUT2D eigenvalue weighted by atomic mass is 9.98. The molecular weight excluding hydrogens is 416 g/mol. The molecular formula is C27H22N2O4. The highest BCUT2D eigenvalue weighted by Crippen LogP contribution is 2.44. The van der Waals surface area contributed by atoms with Crippen molar-refractivity contribution < 1.29 is 19.4 Å². The number of carboxylic acid groups (broad SMARTS) is 1. The van der Waals surface area contributed by atoms with Crippen LogP contribution in [-0.4, -0.2) is 34.8 Å². The average Bonchev–Trinajstić information content (AvgIpc) is 3.16. The number of aromatic nitrogens is 1. The van der Waals surface area contributed by atoms with Crippen molar-refractivity contribution in [3.8, 4) is 11.1 Å². The van der Waals surface area contributed by atoms with E-state index in [2.05, 4.69) is 22.4 Å². The van der Waals surface area contributed by atoms with Crippen molar-refractivity contribution in [3.63, 3.8) is 0 Å². The Morgan fingerprint density at radius 1 is 0.939 bits per heavy atom. The Morgan fingerprint density at radius 3 is 2.27 bits per heavy atom. The predicted molar refractivity (Wildman–Crippen MR) is 125 cm³/mol. The Morgan fingerprint density at radius 2 is 1.58 bits per heavy atom. The van der Waals surface area contributed by atoms with Crippen LogP contribution in [0.25, 0.3) is 22.0 Å². The third-order valence-electron chi connectivity index (χ3n) is 6.02. The van der Waals surface area contributed by atoms with Gasteiger partial charge in [-0.25, -0.2) is 9.59 Å². The smallest absolute Gasteiger partial charge is 0.407 e. The first-order chi connectivity index (χ1) is 16.1. The van der Waals surface area contributed by atoms with Gasteiger partial charge in [-0.05, 0) is 39.9 Å². The van der Waals surface area contributed by atoms with E-state index in [1.807, 2.05) is 66.7 Å². The number of fused-ring (bicyclic) bond motifs is 4. The number of para-hydroxylation sites is 1. The van der Waals surface area contributed by atoms with Gasteiger partial charge in [0.1, 0.15) is 12.6 Å². The molecule has 2 N–H and O–H groups in total. The molecule has 0 fully saturated rings. The van der Waals surface area contributed by atoms with Crippen LogP contribution >= 0.6 is 0 Å². The topological polar surface area (TPSA) is 88.5 Å². The Bertz CT molecular complexity index is 1310. The summed E-state index contributed by atoms with van der Waals surface area (Å²) in [5.41, 5.74) is 6.02. The van der Waals surface area contributed by atoms with Crippen LogP contribution in [0.15, 0.2) is 85.1 Å². The summed E-state index contributed by atoms with van der Waals surface area (Å²) in [4.78, 5) is 28.7. The predicted octanol–water partition coefficient (Wildman–Crippen LogP) is 4.77. The van der Waals surface area contributed by atoms with Gasteiger partial charge in [0, 0.05) is 23.9 Å². The van der Waals surface area contributed by atoms with Crippen LogP contribution in [0.2, 0.25) is 0 Å². The average molecular weight is 438 g/mol. The maximum absolute atomic E-state index is 12.5. The molecule has 0 aliphatic heterocycles. The molecule has 1 heterocycles. The molecule has 1 aliphatic carbocycles. The van der Waals surface area contributed by atoms with E-state index < -0.39 is 18.1 Å². The van der Waals surface area contributed by atoms with Crippen molar-refractivity contribution in [2.45, 2.75) is 18.4 Å². The number of rotatable bonds is 6. The van der Waals surface area contributed by atoms with Crippen LogP contribution in [-0.2, 0) is 16.0 Å². The number of carbonyl (C=O) groups is 2. The number of alkyl carbamates (subject to hydrolysis) is 1.